The van der Waals surface area contributed by atoms with Crippen LogP contribution in [0.4, 0.5) is 5.69 Å². The molecule has 0 radical (unpaired) electrons. The van der Waals surface area contributed by atoms with Crippen molar-refractivity contribution in [3.05, 3.63) is 47.8 Å². The Morgan fingerprint density at radius 3 is 2.37 bits per heavy atom. The molecule has 0 spiro atoms. The van der Waals surface area contributed by atoms with Crippen LogP contribution in [0.25, 0.3) is 0 Å². The summed E-state index contributed by atoms with van der Waals surface area (Å²) in [6, 6.07) is 7.64. The average Bonchev–Trinajstić information content (AvgIpc) is 3.13. The van der Waals surface area contributed by atoms with Crippen LogP contribution >= 0.6 is 24.8 Å². The third-order valence-electron chi connectivity index (χ3n) is 5.12. The van der Waals surface area contributed by atoms with Crippen LogP contribution in [0.2, 0.25) is 0 Å². The molecule has 1 fully saturated rings. The maximum Gasteiger partial charge on any atom is 0.242 e. The van der Waals surface area contributed by atoms with E-state index in [9.17, 15) is 9.59 Å². The molecule has 3 rings (SSSR count). The minimum absolute atomic E-state index is 0. The molecule has 0 saturated carbocycles. The van der Waals surface area contributed by atoms with Gasteiger partial charge in [0, 0.05) is 64.1 Å². The largest absolute Gasteiger partial charge is 0.368 e. The average molecular weight is 457 g/mol. The predicted molar refractivity (Wildman–Crippen MR) is 122 cm³/mol. The molecule has 0 bridgehead atoms. The fraction of sp³-hybridized carbons (Fsp3) is 0.450. The normalized spacial score (nSPS) is 14.4. The summed E-state index contributed by atoms with van der Waals surface area (Å²) < 4.78 is 1.68. The smallest absolute Gasteiger partial charge is 0.242 e. The molecule has 1 atom stereocenters. The number of piperazine rings is 1. The van der Waals surface area contributed by atoms with E-state index >= 15 is 0 Å². The number of amides is 2. The van der Waals surface area contributed by atoms with Gasteiger partial charge in [0.2, 0.25) is 11.8 Å². The van der Waals surface area contributed by atoms with Gasteiger partial charge in [-0.2, -0.15) is 5.10 Å². The van der Waals surface area contributed by atoms with Crippen LogP contribution in [0.1, 0.15) is 24.1 Å². The molecule has 1 unspecified atom stereocenters. The van der Waals surface area contributed by atoms with Gasteiger partial charge in [0.05, 0.1) is 6.20 Å². The monoisotopic (exact) mass is 456 g/mol. The fourth-order valence-corrected chi connectivity index (χ4v) is 3.55. The number of benzene rings is 1. The van der Waals surface area contributed by atoms with Crippen LogP contribution in [0, 0.1) is 0 Å². The zero-order valence-corrected chi connectivity index (χ0v) is 19.1. The highest BCUT2D eigenvalue weighted by Gasteiger charge is 2.22. The molecule has 2 amide bonds. The number of nitrogens with one attached hydrogen (secondary N) is 2. The Morgan fingerprint density at radius 2 is 1.80 bits per heavy atom. The lowest BCUT2D eigenvalue weighted by Crippen LogP contribution is -2.48. The summed E-state index contributed by atoms with van der Waals surface area (Å²) in [4.78, 5) is 28.4. The zero-order valence-electron chi connectivity index (χ0n) is 17.5. The molecule has 2 N–H and O–H groups in total. The van der Waals surface area contributed by atoms with Gasteiger partial charge in [0.25, 0.3) is 0 Å². The van der Waals surface area contributed by atoms with E-state index in [1.165, 1.54) is 0 Å². The summed E-state index contributed by atoms with van der Waals surface area (Å²) in [5.41, 5.74) is 3.00. The second kappa shape index (κ2) is 11.8. The maximum atomic E-state index is 12.7. The molecule has 30 heavy (non-hydrogen) atoms. The number of halogens is 2. The van der Waals surface area contributed by atoms with Gasteiger partial charge in [-0.05, 0) is 18.7 Å². The summed E-state index contributed by atoms with van der Waals surface area (Å²) in [6.45, 7) is 5.08. The van der Waals surface area contributed by atoms with Crippen LogP contribution in [-0.4, -0.2) is 59.7 Å². The number of aromatic nitrogens is 2. The van der Waals surface area contributed by atoms with Crippen molar-refractivity contribution < 1.29 is 9.59 Å². The second-order valence-electron chi connectivity index (χ2n) is 7.01. The van der Waals surface area contributed by atoms with Crippen molar-refractivity contribution in [2.75, 3.05) is 38.1 Å². The Kier molecular flexibility index (Phi) is 10.1. The molecule has 1 aliphatic heterocycles. The maximum absolute atomic E-state index is 12.7. The SMILES string of the molecule is CNC(C(=O)NCc1ccccc1N1CCN(C(C)=O)CC1)c1cnn(C)c1.Cl.Cl. The first kappa shape index (κ1) is 25.7. The number of rotatable bonds is 6. The van der Waals surface area contributed by atoms with Crippen LogP contribution in [0.3, 0.4) is 0 Å². The third kappa shape index (κ3) is 6.10. The summed E-state index contributed by atoms with van der Waals surface area (Å²) in [5.74, 6) is 0.0282. The summed E-state index contributed by atoms with van der Waals surface area (Å²) in [7, 11) is 3.59. The highest BCUT2D eigenvalue weighted by molar-refractivity contribution is 5.85. The van der Waals surface area contributed by atoms with Gasteiger partial charge in [-0.15, -0.1) is 24.8 Å². The van der Waals surface area contributed by atoms with Gasteiger partial charge >= 0.3 is 0 Å². The first-order valence-electron chi connectivity index (χ1n) is 9.51. The molecule has 2 aromatic rings. The molecular weight excluding hydrogens is 427 g/mol. The quantitative estimate of drug-likeness (QED) is 0.688. The van der Waals surface area contributed by atoms with Crippen molar-refractivity contribution in [3.8, 4) is 0 Å². The number of anilines is 1. The molecule has 1 aromatic carbocycles. The number of likely N-dealkylation sites (N-methyl/N-ethyl adjacent to an activating group) is 1. The van der Waals surface area contributed by atoms with Crippen molar-refractivity contribution in [2.45, 2.75) is 19.5 Å². The number of carbonyl (C=O) groups is 2. The molecule has 2 heterocycles. The molecule has 1 saturated heterocycles. The Labute approximate surface area is 189 Å². The van der Waals surface area contributed by atoms with Crippen molar-refractivity contribution in [1.29, 1.82) is 0 Å². The number of nitrogens with zero attached hydrogens (tertiary/aromatic N) is 4. The molecular formula is C20H30Cl2N6O2. The van der Waals surface area contributed by atoms with Crippen LogP contribution in [-0.2, 0) is 23.2 Å². The molecule has 1 aromatic heterocycles. The first-order chi connectivity index (χ1) is 13.5. The van der Waals surface area contributed by atoms with Gasteiger partial charge in [-0.3, -0.25) is 14.3 Å². The Balaban J connectivity index is 0.00000225. The van der Waals surface area contributed by atoms with E-state index in [1.54, 1.807) is 24.9 Å². The summed E-state index contributed by atoms with van der Waals surface area (Å²) in [6.07, 6.45) is 3.53. The third-order valence-corrected chi connectivity index (χ3v) is 5.12. The Morgan fingerprint density at radius 1 is 1.13 bits per heavy atom. The van der Waals surface area contributed by atoms with Crippen LogP contribution in [0.5, 0.6) is 0 Å². The van der Waals surface area contributed by atoms with Crippen molar-refractivity contribution >= 4 is 42.3 Å². The van der Waals surface area contributed by atoms with Gasteiger partial charge < -0.3 is 20.4 Å². The van der Waals surface area contributed by atoms with Gasteiger partial charge in [0.1, 0.15) is 6.04 Å². The van der Waals surface area contributed by atoms with Gasteiger partial charge in [0.15, 0.2) is 0 Å². The van der Waals surface area contributed by atoms with E-state index in [0.717, 1.165) is 43.0 Å². The number of carbonyl (C=O) groups excluding carboxylic acids is 2. The molecule has 10 heteroatoms. The standard InChI is InChI=1S/C20H28N6O2.2ClH/c1-15(27)25-8-10-26(11-9-25)18-7-5-4-6-16(18)12-22-20(28)19(21-2)17-13-23-24(3)14-17;;/h4-7,13-14,19,21H,8-12H2,1-3H3,(H,22,28);2*1H. The Bertz CT molecular complexity index is 836. The van der Waals surface area contributed by atoms with Crippen molar-refractivity contribution in [2.24, 2.45) is 7.05 Å². The molecule has 1 aliphatic rings. The predicted octanol–water partition coefficient (Wildman–Crippen LogP) is 1.51. The lowest BCUT2D eigenvalue weighted by molar-refractivity contribution is -0.129. The van der Waals surface area contributed by atoms with Crippen molar-refractivity contribution in [1.82, 2.24) is 25.3 Å². The molecule has 0 aliphatic carbocycles. The van der Waals surface area contributed by atoms with E-state index < -0.39 is 6.04 Å². The highest BCUT2D eigenvalue weighted by atomic mass is 35.5. The van der Waals surface area contributed by atoms with Gasteiger partial charge in [-0.25, -0.2) is 0 Å². The molecule has 8 nitrogen and oxygen atoms in total. The first-order valence-corrected chi connectivity index (χ1v) is 9.51. The summed E-state index contributed by atoms with van der Waals surface area (Å²) >= 11 is 0. The fourth-order valence-electron chi connectivity index (χ4n) is 3.55. The molecule has 166 valence electrons. The van der Waals surface area contributed by atoms with Gasteiger partial charge in [-0.1, -0.05) is 18.2 Å². The lowest BCUT2D eigenvalue weighted by atomic mass is 10.1. The number of para-hydroxylation sites is 1. The van der Waals surface area contributed by atoms with E-state index in [4.69, 9.17) is 0 Å². The van der Waals surface area contributed by atoms with E-state index in [1.807, 2.05) is 36.3 Å². The lowest BCUT2D eigenvalue weighted by Gasteiger charge is -2.36. The van der Waals surface area contributed by atoms with E-state index in [2.05, 4.69) is 26.7 Å². The van der Waals surface area contributed by atoms with Crippen molar-refractivity contribution in [3.63, 3.8) is 0 Å². The highest BCUT2D eigenvalue weighted by Crippen LogP contribution is 2.22. The second-order valence-corrected chi connectivity index (χ2v) is 7.01. The van der Waals surface area contributed by atoms with Crippen LogP contribution < -0.4 is 15.5 Å². The zero-order chi connectivity index (χ0) is 20.1. The van der Waals surface area contributed by atoms with E-state index in [0.29, 0.717) is 6.54 Å². The van der Waals surface area contributed by atoms with E-state index in [-0.39, 0.29) is 36.6 Å². The summed E-state index contributed by atoms with van der Waals surface area (Å²) in [5, 5.41) is 10.2. The number of hydrogen-bond donors (Lipinski definition) is 2. The number of aryl methyl sites for hydroxylation is 1. The minimum atomic E-state index is -0.444. The Hall–Kier alpha value is -2.29. The minimum Gasteiger partial charge on any atom is -0.368 e. The topological polar surface area (TPSA) is 82.5 Å². The number of hydrogen-bond acceptors (Lipinski definition) is 5. The van der Waals surface area contributed by atoms with Crippen LogP contribution in [0.15, 0.2) is 36.7 Å².